The van der Waals surface area contributed by atoms with E-state index in [0.29, 0.717) is 38.6 Å². The van der Waals surface area contributed by atoms with Crippen LogP contribution in [0.2, 0.25) is 0 Å². The van der Waals surface area contributed by atoms with Crippen LogP contribution in [0.4, 0.5) is 9.59 Å². The average Bonchev–Trinajstić information content (AvgIpc) is 2.47. The number of carbonyl (C=O) groups is 2. The van der Waals surface area contributed by atoms with Crippen LogP contribution >= 0.6 is 0 Å². The van der Waals surface area contributed by atoms with Gasteiger partial charge in [0.15, 0.2) is 5.96 Å². The van der Waals surface area contributed by atoms with Crippen LogP contribution in [0.15, 0.2) is 4.99 Å². The smallest absolute Gasteiger partial charge is 0.407 e. The van der Waals surface area contributed by atoms with E-state index in [0.717, 1.165) is 6.54 Å². The molecule has 4 N–H and O–H groups in total. The fourth-order valence-corrected chi connectivity index (χ4v) is 1.78. The van der Waals surface area contributed by atoms with Crippen LogP contribution in [-0.4, -0.2) is 62.1 Å². The number of hydrogen-bond donors (Lipinski definition) is 4. The Kier molecular flexibility index (Phi) is 11.2. The summed E-state index contributed by atoms with van der Waals surface area (Å²) in [5.41, 5.74) is -1.01. The molecule has 2 amide bonds. The summed E-state index contributed by atoms with van der Waals surface area (Å²) in [6.07, 6.45) is -0.185. The molecule has 0 aromatic carbocycles. The van der Waals surface area contributed by atoms with Gasteiger partial charge >= 0.3 is 12.2 Å². The van der Waals surface area contributed by atoms with Gasteiger partial charge in [-0.05, 0) is 54.9 Å². The van der Waals surface area contributed by atoms with Crippen LogP contribution in [0.1, 0.15) is 54.9 Å². The van der Waals surface area contributed by atoms with Gasteiger partial charge < -0.3 is 30.7 Å². The lowest BCUT2D eigenvalue weighted by molar-refractivity contribution is 0.0516. The van der Waals surface area contributed by atoms with Crippen LogP contribution in [0.5, 0.6) is 0 Å². The molecule has 0 bridgehead atoms. The molecule has 0 aliphatic heterocycles. The monoisotopic (exact) mass is 387 g/mol. The Morgan fingerprint density at radius 1 is 0.778 bits per heavy atom. The predicted octanol–water partition coefficient (Wildman–Crippen LogP) is 1.98. The van der Waals surface area contributed by atoms with Gasteiger partial charge in [0.1, 0.15) is 11.2 Å². The zero-order chi connectivity index (χ0) is 20.9. The Morgan fingerprint density at radius 2 is 1.26 bits per heavy atom. The molecule has 0 fully saturated rings. The van der Waals surface area contributed by atoms with E-state index in [4.69, 9.17) is 9.47 Å². The Hall–Kier alpha value is -2.19. The summed E-state index contributed by atoms with van der Waals surface area (Å²) in [6.45, 7) is 15.6. The third-order valence-electron chi connectivity index (χ3n) is 2.70. The first-order valence-electron chi connectivity index (χ1n) is 9.39. The third-order valence-corrected chi connectivity index (χ3v) is 2.70. The van der Waals surface area contributed by atoms with E-state index in [2.05, 4.69) is 26.3 Å². The van der Waals surface area contributed by atoms with Gasteiger partial charge in [-0.15, -0.1) is 0 Å². The first kappa shape index (κ1) is 24.8. The predicted molar refractivity (Wildman–Crippen MR) is 107 cm³/mol. The molecule has 158 valence electrons. The highest BCUT2D eigenvalue weighted by atomic mass is 16.6. The molecule has 0 rings (SSSR count). The summed E-state index contributed by atoms with van der Waals surface area (Å²) in [7, 11) is 0. The number of amides is 2. The minimum Gasteiger partial charge on any atom is -0.444 e. The molecular formula is C18H37N5O4. The van der Waals surface area contributed by atoms with Gasteiger partial charge in [-0.2, -0.15) is 0 Å². The molecule has 0 aromatic rings. The van der Waals surface area contributed by atoms with Gasteiger partial charge in [0.05, 0.1) is 0 Å². The van der Waals surface area contributed by atoms with E-state index >= 15 is 0 Å². The van der Waals surface area contributed by atoms with Crippen LogP contribution in [0.25, 0.3) is 0 Å². The van der Waals surface area contributed by atoms with Crippen LogP contribution < -0.4 is 21.3 Å². The summed E-state index contributed by atoms with van der Waals surface area (Å²) in [5, 5.41) is 11.6. The number of carbonyl (C=O) groups excluding carboxylic acids is 2. The second-order valence-corrected chi connectivity index (χ2v) is 7.90. The topological polar surface area (TPSA) is 113 Å². The Bertz CT molecular complexity index is 481. The van der Waals surface area contributed by atoms with E-state index in [1.807, 2.05) is 48.5 Å². The van der Waals surface area contributed by atoms with E-state index in [-0.39, 0.29) is 0 Å². The maximum absolute atomic E-state index is 11.6. The van der Waals surface area contributed by atoms with Crippen molar-refractivity contribution in [2.75, 3.05) is 32.7 Å². The Balaban J connectivity index is 4.04. The van der Waals surface area contributed by atoms with Crippen molar-refractivity contribution in [2.45, 2.75) is 66.1 Å². The average molecular weight is 388 g/mol. The van der Waals surface area contributed by atoms with Gasteiger partial charge in [-0.1, -0.05) is 0 Å². The lowest BCUT2D eigenvalue weighted by Gasteiger charge is -2.20. The molecule has 0 radical (unpaired) electrons. The summed E-state index contributed by atoms with van der Waals surface area (Å²) < 4.78 is 10.3. The maximum atomic E-state index is 11.6. The normalized spacial score (nSPS) is 12.2. The summed E-state index contributed by atoms with van der Waals surface area (Å²) in [5.74, 6) is 0.653. The molecule has 0 spiro atoms. The SMILES string of the molecule is CCNC(=NCCCNC(=O)OC(C)(C)C)NCCNC(=O)OC(C)(C)C. The standard InChI is InChI=1S/C18H37N5O4/c1-8-19-14(21-12-13-23-16(25)27-18(5,6)7)20-10-9-11-22-15(24)26-17(2,3)4/h8-13H2,1-7H3,(H,22,24)(H,23,25)(H2,19,20,21). The van der Waals surface area contributed by atoms with E-state index in [9.17, 15) is 9.59 Å². The minimum absolute atomic E-state index is 0.416. The number of rotatable bonds is 8. The lowest BCUT2D eigenvalue weighted by Crippen LogP contribution is -2.42. The number of guanidine groups is 1. The van der Waals surface area contributed by atoms with Crippen molar-refractivity contribution in [3.8, 4) is 0 Å². The quantitative estimate of drug-likeness (QED) is 0.288. The fourth-order valence-electron chi connectivity index (χ4n) is 1.78. The van der Waals surface area contributed by atoms with Gasteiger partial charge in [0, 0.05) is 32.7 Å². The zero-order valence-electron chi connectivity index (χ0n) is 17.8. The molecule has 0 atom stereocenters. The largest absolute Gasteiger partial charge is 0.444 e. The number of nitrogens with zero attached hydrogens (tertiary/aromatic N) is 1. The van der Waals surface area contributed by atoms with Crippen molar-refractivity contribution < 1.29 is 19.1 Å². The number of alkyl carbamates (subject to hydrolysis) is 2. The highest BCUT2D eigenvalue weighted by Crippen LogP contribution is 2.06. The molecular weight excluding hydrogens is 350 g/mol. The van der Waals surface area contributed by atoms with Crippen molar-refractivity contribution >= 4 is 18.1 Å². The molecule has 0 unspecified atom stereocenters. The Labute approximate surface area is 163 Å². The second-order valence-electron chi connectivity index (χ2n) is 7.90. The molecule has 0 saturated carbocycles. The lowest BCUT2D eigenvalue weighted by atomic mass is 10.2. The van der Waals surface area contributed by atoms with E-state index in [1.54, 1.807) is 0 Å². The third kappa shape index (κ3) is 17.0. The summed E-state index contributed by atoms with van der Waals surface area (Å²) >= 11 is 0. The van der Waals surface area contributed by atoms with Crippen molar-refractivity contribution in [2.24, 2.45) is 4.99 Å². The first-order valence-corrected chi connectivity index (χ1v) is 9.39. The van der Waals surface area contributed by atoms with Gasteiger partial charge in [0.25, 0.3) is 0 Å². The number of hydrogen-bond acceptors (Lipinski definition) is 5. The summed E-state index contributed by atoms with van der Waals surface area (Å²) in [4.78, 5) is 27.5. The van der Waals surface area contributed by atoms with Crippen molar-refractivity contribution in [1.29, 1.82) is 0 Å². The van der Waals surface area contributed by atoms with Gasteiger partial charge in [-0.25, -0.2) is 9.59 Å². The van der Waals surface area contributed by atoms with Crippen molar-refractivity contribution in [1.82, 2.24) is 21.3 Å². The highest BCUT2D eigenvalue weighted by Gasteiger charge is 2.16. The molecule has 9 heteroatoms. The molecule has 9 nitrogen and oxygen atoms in total. The van der Waals surface area contributed by atoms with Gasteiger partial charge in [-0.3, -0.25) is 4.99 Å². The maximum Gasteiger partial charge on any atom is 0.407 e. The molecule has 27 heavy (non-hydrogen) atoms. The molecule has 0 aromatic heterocycles. The van der Waals surface area contributed by atoms with Crippen molar-refractivity contribution in [3.63, 3.8) is 0 Å². The summed E-state index contributed by atoms with van der Waals surface area (Å²) in [6, 6.07) is 0. The number of aliphatic imine (C=N–C) groups is 1. The van der Waals surface area contributed by atoms with Crippen LogP contribution in [0.3, 0.4) is 0 Å². The minimum atomic E-state index is -0.513. The number of ether oxygens (including phenoxy) is 2. The first-order chi connectivity index (χ1) is 12.4. The molecule has 0 aliphatic rings. The molecule has 0 aliphatic carbocycles. The fraction of sp³-hybridized carbons (Fsp3) is 0.833. The second kappa shape index (κ2) is 12.2. The van der Waals surface area contributed by atoms with Crippen LogP contribution in [0, 0.1) is 0 Å². The Morgan fingerprint density at radius 3 is 1.74 bits per heavy atom. The van der Waals surface area contributed by atoms with E-state index < -0.39 is 23.4 Å². The number of nitrogens with one attached hydrogen (secondary N) is 4. The van der Waals surface area contributed by atoms with Crippen molar-refractivity contribution in [3.05, 3.63) is 0 Å². The van der Waals surface area contributed by atoms with E-state index in [1.165, 1.54) is 0 Å². The van der Waals surface area contributed by atoms with Crippen LogP contribution in [-0.2, 0) is 9.47 Å². The van der Waals surface area contributed by atoms with Gasteiger partial charge in [0.2, 0.25) is 0 Å². The highest BCUT2D eigenvalue weighted by molar-refractivity contribution is 5.79. The molecule has 0 heterocycles. The zero-order valence-corrected chi connectivity index (χ0v) is 17.8. The molecule has 0 saturated heterocycles.